The summed E-state index contributed by atoms with van der Waals surface area (Å²) in [6, 6.07) is 0. The minimum absolute atomic E-state index is 0.177. The van der Waals surface area contributed by atoms with Gasteiger partial charge in [-0.05, 0) is 51.4 Å². The van der Waals surface area contributed by atoms with Gasteiger partial charge in [-0.25, -0.2) is 0 Å². The molecular formula is C16H26O5. The van der Waals surface area contributed by atoms with E-state index in [1.165, 1.54) is 0 Å². The quantitative estimate of drug-likeness (QED) is 0.603. The van der Waals surface area contributed by atoms with Crippen LogP contribution in [0.4, 0.5) is 0 Å². The highest BCUT2D eigenvalue weighted by molar-refractivity contribution is 5.99. The van der Waals surface area contributed by atoms with Crippen molar-refractivity contribution in [1.82, 2.24) is 0 Å². The van der Waals surface area contributed by atoms with Gasteiger partial charge in [-0.15, -0.1) is 0 Å². The van der Waals surface area contributed by atoms with E-state index in [-0.39, 0.29) is 18.1 Å². The standard InChI is InChI=1S/C16H26O5/c1-3-7-16(13(17)18,14(19)20-4-2)12-6-10-21-15(11-12)8-5-9-15/h12H,3-11H2,1-2H3,(H,17,18). The van der Waals surface area contributed by atoms with Crippen LogP contribution >= 0.6 is 0 Å². The summed E-state index contributed by atoms with van der Waals surface area (Å²) in [5.41, 5.74) is -1.58. The molecule has 0 aromatic carbocycles. The van der Waals surface area contributed by atoms with Crippen molar-refractivity contribution in [2.75, 3.05) is 13.2 Å². The summed E-state index contributed by atoms with van der Waals surface area (Å²) in [5, 5.41) is 9.82. The van der Waals surface area contributed by atoms with Crippen molar-refractivity contribution in [3.8, 4) is 0 Å². The molecule has 0 radical (unpaired) electrons. The van der Waals surface area contributed by atoms with E-state index in [9.17, 15) is 14.7 Å². The van der Waals surface area contributed by atoms with Gasteiger partial charge >= 0.3 is 11.9 Å². The molecule has 5 heteroatoms. The topological polar surface area (TPSA) is 72.8 Å². The summed E-state index contributed by atoms with van der Waals surface area (Å²) in [7, 11) is 0. The molecule has 1 saturated carbocycles. The Morgan fingerprint density at radius 3 is 2.57 bits per heavy atom. The van der Waals surface area contributed by atoms with Gasteiger partial charge < -0.3 is 14.6 Å². The second-order valence-electron chi connectivity index (χ2n) is 6.32. The first-order valence-electron chi connectivity index (χ1n) is 8.05. The highest BCUT2D eigenvalue weighted by atomic mass is 16.5. The van der Waals surface area contributed by atoms with Crippen LogP contribution in [0.15, 0.2) is 0 Å². The third kappa shape index (κ3) is 2.80. The lowest BCUT2D eigenvalue weighted by Crippen LogP contribution is -2.54. The monoisotopic (exact) mass is 298 g/mol. The molecule has 0 aromatic heterocycles. The highest BCUT2D eigenvalue weighted by Crippen LogP contribution is 2.50. The van der Waals surface area contributed by atoms with Crippen molar-refractivity contribution in [3.05, 3.63) is 0 Å². The van der Waals surface area contributed by atoms with E-state index in [0.29, 0.717) is 32.3 Å². The second kappa shape index (κ2) is 6.34. The fourth-order valence-corrected chi connectivity index (χ4v) is 3.86. The van der Waals surface area contributed by atoms with Gasteiger partial charge in [-0.3, -0.25) is 9.59 Å². The number of ether oxygens (including phenoxy) is 2. The van der Waals surface area contributed by atoms with E-state index in [0.717, 1.165) is 19.3 Å². The maximum absolute atomic E-state index is 12.5. The number of carboxylic acids is 1. The highest BCUT2D eigenvalue weighted by Gasteiger charge is 2.57. The van der Waals surface area contributed by atoms with Crippen molar-refractivity contribution in [2.24, 2.45) is 11.3 Å². The maximum atomic E-state index is 12.5. The molecule has 5 nitrogen and oxygen atoms in total. The molecule has 120 valence electrons. The number of aliphatic carboxylic acids is 1. The van der Waals surface area contributed by atoms with Crippen LogP contribution in [0.1, 0.15) is 58.8 Å². The zero-order valence-corrected chi connectivity index (χ0v) is 13.0. The Morgan fingerprint density at radius 1 is 1.38 bits per heavy atom. The number of hydrogen-bond donors (Lipinski definition) is 1. The van der Waals surface area contributed by atoms with Gasteiger partial charge in [-0.1, -0.05) is 13.3 Å². The Balaban J connectivity index is 2.28. The average Bonchev–Trinajstić information content (AvgIpc) is 2.43. The Hall–Kier alpha value is -1.10. The summed E-state index contributed by atoms with van der Waals surface area (Å²) in [5.74, 6) is -1.80. The number of carbonyl (C=O) groups is 2. The van der Waals surface area contributed by atoms with Gasteiger partial charge in [0.15, 0.2) is 5.41 Å². The summed E-state index contributed by atoms with van der Waals surface area (Å²) in [4.78, 5) is 24.5. The Bertz CT molecular complexity index is 401. The van der Waals surface area contributed by atoms with E-state index in [4.69, 9.17) is 9.47 Å². The molecule has 0 aromatic rings. The number of carbonyl (C=O) groups excluding carboxylic acids is 1. The van der Waals surface area contributed by atoms with Gasteiger partial charge in [0.2, 0.25) is 0 Å². The molecule has 21 heavy (non-hydrogen) atoms. The van der Waals surface area contributed by atoms with Crippen molar-refractivity contribution >= 4 is 11.9 Å². The minimum atomic E-state index is -1.41. The van der Waals surface area contributed by atoms with Crippen molar-refractivity contribution in [1.29, 1.82) is 0 Å². The van der Waals surface area contributed by atoms with Gasteiger partial charge in [0, 0.05) is 6.61 Å². The predicted octanol–water partition coefficient (Wildman–Crippen LogP) is 2.77. The molecule has 1 spiro atoms. The molecule has 1 saturated heterocycles. The lowest BCUT2D eigenvalue weighted by atomic mass is 9.62. The second-order valence-corrected chi connectivity index (χ2v) is 6.32. The van der Waals surface area contributed by atoms with Crippen LogP contribution in [0.2, 0.25) is 0 Å². The van der Waals surface area contributed by atoms with Crippen LogP contribution in [-0.2, 0) is 19.1 Å². The lowest BCUT2D eigenvalue weighted by molar-refractivity contribution is -0.191. The largest absolute Gasteiger partial charge is 0.480 e. The SMILES string of the molecule is CCCC(C(=O)O)(C(=O)OCC)C1CCOC2(CCC2)C1. The first-order chi connectivity index (χ1) is 10.0. The zero-order valence-electron chi connectivity index (χ0n) is 13.0. The van der Waals surface area contributed by atoms with E-state index >= 15 is 0 Å². The Kier molecular flexibility index (Phi) is 4.91. The molecule has 0 amide bonds. The van der Waals surface area contributed by atoms with Gasteiger partial charge in [-0.2, -0.15) is 0 Å². The predicted molar refractivity (Wildman–Crippen MR) is 76.9 cm³/mol. The summed E-state index contributed by atoms with van der Waals surface area (Å²) in [6.07, 6.45) is 5.35. The van der Waals surface area contributed by atoms with Gasteiger partial charge in [0.05, 0.1) is 12.2 Å². The fraction of sp³-hybridized carbons (Fsp3) is 0.875. The molecule has 2 unspecified atom stereocenters. The van der Waals surface area contributed by atoms with Crippen LogP contribution in [0, 0.1) is 11.3 Å². The first-order valence-corrected chi connectivity index (χ1v) is 8.05. The molecule has 2 fully saturated rings. The lowest BCUT2D eigenvalue weighted by Gasteiger charge is -2.50. The van der Waals surface area contributed by atoms with Gasteiger partial charge in [0.1, 0.15) is 0 Å². The summed E-state index contributed by atoms with van der Waals surface area (Å²) >= 11 is 0. The zero-order chi connectivity index (χ0) is 15.5. The van der Waals surface area contributed by atoms with Crippen molar-refractivity contribution < 1.29 is 24.2 Å². The number of esters is 1. The molecule has 2 rings (SSSR count). The smallest absolute Gasteiger partial charge is 0.323 e. The van der Waals surface area contributed by atoms with E-state index in [1.807, 2.05) is 6.92 Å². The molecule has 1 aliphatic heterocycles. The van der Waals surface area contributed by atoms with Crippen LogP contribution in [0.25, 0.3) is 0 Å². The molecule has 1 heterocycles. The normalized spacial score (nSPS) is 26.7. The Labute approximate surface area is 126 Å². The number of hydrogen-bond acceptors (Lipinski definition) is 4. The number of rotatable bonds is 6. The van der Waals surface area contributed by atoms with Crippen LogP contribution < -0.4 is 0 Å². The van der Waals surface area contributed by atoms with Crippen molar-refractivity contribution in [3.63, 3.8) is 0 Å². The number of carboxylic acid groups (broad SMARTS) is 1. The maximum Gasteiger partial charge on any atom is 0.323 e. The molecule has 2 aliphatic rings. The summed E-state index contributed by atoms with van der Waals surface area (Å²) in [6.45, 7) is 4.39. The van der Waals surface area contributed by atoms with Crippen LogP contribution in [0.5, 0.6) is 0 Å². The van der Waals surface area contributed by atoms with Crippen LogP contribution in [-0.4, -0.2) is 35.9 Å². The molecule has 0 bridgehead atoms. The molecule has 2 atom stereocenters. The fourth-order valence-electron chi connectivity index (χ4n) is 3.86. The molecule has 1 aliphatic carbocycles. The van der Waals surface area contributed by atoms with E-state index < -0.39 is 17.4 Å². The minimum Gasteiger partial charge on any atom is -0.480 e. The molecular weight excluding hydrogens is 272 g/mol. The van der Waals surface area contributed by atoms with E-state index in [1.54, 1.807) is 6.92 Å². The summed E-state index contributed by atoms with van der Waals surface area (Å²) < 4.78 is 11.0. The third-order valence-electron chi connectivity index (χ3n) is 5.12. The first kappa shape index (κ1) is 16.3. The molecule has 1 N–H and O–H groups in total. The van der Waals surface area contributed by atoms with Crippen molar-refractivity contribution in [2.45, 2.75) is 64.4 Å². The van der Waals surface area contributed by atoms with Crippen LogP contribution in [0.3, 0.4) is 0 Å². The Morgan fingerprint density at radius 2 is 2.10 bits per heavy atom. The third-order valence-corrected chi connectivity index (χ3v) is 5.12. The van der Waals surface area contributed by atoms with E-state index in [2.05, 4.69) is 0 Å². The van der Waals surface area contributed by atoms with Gasteiger partial charge in [0.25, 0.3) is 0 Å². The average molecular weight is 298 g/mol.